The van der Waals surface area contributed by atoms with E-state index in [4.69, 9.17) is 0 Å². The second-order valence-electron chi connectivity index (χ2n) is 6.34. The average Bonchev–Trinajstić information content (AvgIpc) is 2.94. The molecule has 0 aliphatic carbocycles. The van der Waals surface area contributed by atoms with E-state index in [1.54, 1.807) is 19.1 Å². The van der Waals surface area contributed by atoms with Gasteiger partial charge in [-0.2, -0.15) is 4.68 Å². The number of carbonyl (C=O) groups is 2. The highest BCUT2D eigenvalue weighted by Crippen LogP contribution is 2.23. The summed E-state index contributed by atoms with van der Waals surface area (Å²) in [4.78, 5) is 23.9. The number of nitrogens with one attached hydrogen (secondary N) is 2. The van der Waals surface area contributed by atoms with Crippen LogP contribution in [0.3, 0.4) is 0 Å². The van der Waals surface area contributed by atoms with Gasteiger partial charge in [-0.05, 0) is 62.4 Å². The average molecular weight is 364 g/mol. The summed E-state index contributed by atoms with van der Waals surface area (Å²) in [5.41, 5.74) is 0.201. The van der Waals surface area contributed by atoms with Gasteiger partial charge in [0.05, 0.1) is 10.9 Å². The van der Waals surface area contributed by atoms with Gasteiger partial charge in [0.15, 0.2) is 0 Å². The minimum Gasteiger partial charge on any atom is -0.508 e. The van der Waals surface area contributed by atoms with E-state index in [0.717, 1.165) is 11.8 Å². The summed E-state index contributed by atoms with van der Waals surface area (Å²) in [6.45, 7) is 7.11. The first-order valence-corrected chi connectivity index (χ1v) is 8.41. The molecule has 1 aromatic carbocycles. The Balaban J connectivity index is 2.02. The van der Waals surface area contributed by atoms with Crippen LogP contribution in [0, 0.1) is 0 Å². The lowest BCUT2D eigenvalue weighted by Gasteiger charge is -2.21. The number of amides is 3. The van der Waals surface area contributed by atoms with Crippen LogP contribution in [-0.2, 0) is 4.79 Å². The Morgan fingerprint density at radius 2 is 1.88 bits per heavy atom. The first-order chi connectivity index (χ1) is 11.7. The molecule has 10 heteroatoms. The van der Waals surface area contributed by atoms with Gasteiger partial charge in [-0.3, -0.25) is 10.1 Å². The van der Waals surface area contributed by atoms with Crippen LogP contribution < -0.4 is 10.6 Å². The zero-order valence-electron chi connectivity index (χ0n) is 14.3. The number of carbonyl (C=O) groups excluding carboxylic acids is 2. The van der Waals surface area contributed by atoms with Crippen LogP contribution in [0.25, 0.3) is 5.69 Å². The van der Waals surface area contributed by atoms with E-state index in [2.05, 4.69) is 26.2 Å². The fraction of sp³-hybridized carbons (Fsp3) is 0.400. The van der Waals surface area contributed by atoms with Crippen molar-refractivity contribution in [3.63, 3.8) is 0 Å². The smallest absolute Gasteiger partial charge is 0.321 e. The molecule has 0 radical (unpaired) electrons. The molecule has 0 saturated carbocycles. The molecule has 1 aromatic heterocycles. The number of hydrogen-bond acceptors (Lipinski definition) is 7. The predicted molar refractivity (Wildman–Crippen MR) is 92.6 cm³/mol. The van der Waals surface area contributed by atoms with Crippen molar-refractivity contribution in [2.45, 2.75) is 43.6 Å². The number of aromatic nitrogens is 4. The number of hydrogen-bond donors (Lipinski definition) is 3. The zero-order valence-corrected chi connectivity index (χ0v) is 15.2. The maximum absolute atomic E-state index is 12.2. The number of aromatic hydroxyl groups is 1. The van der Waals surface area contributed by atoms with E-state index in [1.807, 2.05) is 20.8 Å². The number of phenolic OH excluding ortho intramolecular Hbond substituents is 1. The molecular weight excluding hydrogens is 344 g/mol. The quantitative estimate of drug-likeness (QED) is 0.702. The molecule has 1 atom stereocenters. The van der Waals surface area contributed by atoms with Gasteiger partial charge in [0.25, 0.3) is 0 Å². The highest BCUT2D eigenvalue weighted by atomic mass is 32.2. The molecule has 3 N–H and O–H groups in total. The predicted octanol–water partition coefficient (Wildman–Crippen LogP) is 1.47. The van der Waals surface area contributed by atoms with E-state index in [-0.39, 0.29) is 5.75 Å². The number of tetrazole rings is 1. The Labute approximate surface area is 149 Å². The largest absolute Gasteiger partial charge is 0.508 e. The molecule has 2 rings (SSSR count). The summed E-state index contributed by atoms with van der Waals surface area (Å²) >= 11 is 1.12. The van der Waals surface area contributed by atoms with Crippen molar-refractivity contribution in [1.82, 2.24) is 30.8 Å². The third-order valence-corrected chi connectivity index (χ3v) is 3.94. The summed E-state index contributed by atoms with van der Waals surface area (Å²) in [5, 5.41) is 25.5. The molecule has 0 saturated heterocycles. The van der Waals surface area contributed by atoms with Crippen molar-refractivity contribution in [1.29, 1.82) is 0 Å². The van der Waals surface area contributed by atoms with Gasteiger partial charge < -0.3 is 10.4 Å². The van der Waals surface area contributed by atoms with Crippen molar-refractivity contribution < 1.29 is 14.7 Å². The lowest BCUT2D eigenvalue weighted by molar-refractivity contribution is -0.119. The van der Waals surface area contributed by atoms with E-state index in [1.165, 1.54) is 16.8 Å². The number of nitrogens with zero attached hydrogens (tertiary/aromatic N) is 4. The fourth-order valence-electron chi connectivity index (χ4n) is 1.81. The number of phenols is 1. The lowest BCUT2D eigenvalue weighted by atomic mass is 10.1. The molecule has 0 unspecified atom stereocenters. The maximum atomic E-state index is 12.2. The normalized spacial score (nSPS) is 12.5. The van der Waals surface area contributed by atoms with Crippen LogP contribution in [-0.4, -0.2) is 48.0 Å². The van der Waals surface area contributed by atoms with Gasteiger partial charge >= 0.3 is 6.03 Å². The number of imide groups is 1. The molecule has 134 valence electrons. The highest BCUT2D eigenvalue weighted by molar-refractivity contribution is 8.00. The Morgan fingerprint density at radius 3 is 2.48 bits per heavy atom. The summed E-state index contributed by atoms with van der Waals surface area (Å²) in [6.07, 6.45) is 0. The van der Waals surface area contributed by atoms with Gasteiger partial charge in [0.2, 0.25) is 11.1 Å². The number of rotatable bonds is 4. The molecule has 0 bridgehead atoms. The summed E-state index contributed by atoms with van der Waals surface area (Å²) in [7, 11) is 0. The molecule has 9 nitrogen and oxygen atoms in total. The highest BCUT2D eigenvalue weighted by Gasteiger charge is 2.22. The Morgan fingerprint density at radius 1 is 1.24 bits per heavy atom. The third kappa shape index (κ3) is 5.45. The van der Waals surface area contributed by atoms with Crippen molar-refractivity contribution >= 4 is 23.7 Å². The van der Waals surface area contributed by atoms with Crippen molar-refractivity contribution in [2.24, 2.45) is 0 Å². The van der Waals surface area contributed by atoms with Gasteiger partial charge in [-0.25, -0.2) is 4.79 Å². The molecule has 3 amide bonds. The molecule has 0 aliphatic rings. The van der Waals surface area contributed by atoms with E-state index < -0.39 is 22.7 Å². The van der Waals surface area contributed by atoms with Crippen LogP contribution in [0.15, 0.2) is 29.4 Å². The number of benzene rings is 1. The first kappa shape index (κ1) is 18.7. The fourth-order valence-corrected chi connectivity index (χ4v) is 2.61. The third-order valence-electron chi connectivity index (χ3n) is 2.91. The minimum atomic E-state index is -0.590. The van der Waals surface area contributed by atoms with Gasteiger partial charge in [0, 0.05) is 5.54 Å². The molecule has 1 heterocycles. The monoisotopic (exact) mass is 364 g/mol. The molecule has 0 fully saturated rings. The maximum Gasteiger partial charge on any atom is 0.321 e. The summed E-state index contributed by atoms with van der Waals surface area (Å²) in [5.74, 6) is -0.323. The van der Waals surface area contributed by atoms with E-state index in [9.17, 15) is 14.7 Å². The zero-order chi connectivity index (χ0) is 18.6. The lowest BCUT2D eigenvalue weighted by Crippen LogP contribution is -2.49. The molecule has 0 spiro atoms. The van der Waals surface area contributed by atoms with Crippen LogP contribution in [0.2, 0.25) is 0 Å². The molecule has 25 heavy (non-hydrogen) atoms. The number of thioether (sulfide) groups is 1. The first-order valence-electron chi connectivity index (χ1n) is 7.53. The van der Waals surface area contributed by atoms with Gasteiger partial charge in [-0.1, -0.05) is 11.8 Å². The van der Waals surface area contributed by atoms with Crippen molar-refractivity contribution in [3.05, 3.63) is 24.3 Å². The Bertz CT molecular complexity index is 753. The van der Waals surface area contributed by atoms with Crippen molar-refractivity contribution in [2.75, 3.05) is 0 Å². The van der Waals surface area contributed by atoms with Gasteiger partial charge in [0.1, 0.15) is 5.75 Å². The second kappa shape index (κ2) is 7.51. The van der Waals surface area contributed by atoms with Crippen LogP contribution in [0.1, 0.15) is 27.7 Å². The molecular formula is C15H20N6O3S. The van der Waals surface area contributed by atoms with Gasteiger partial charge in [-0.15, -0.1) is 5.10 Å². The summed E-state index contributed by atoms with van der Waals surface area (Å²) < 4.78 is 1.45. The minimum absolute atomic E-state index is 0.128. The molecule has 0 aliphatic heterocycles. The number of urea groups is 1. The van der Waals surface area contributed by atoms with Crippen LogP contribution in [0.5, 0.6) is 5.75 Å². The van der Waals surface area contributed by atoms with Crippen molar-refractivity contribution in [3.8, 4) is 11.4 Å². The van der Waals surface area contributed by atoms with E-state index in [0.29, 0.717) is 10.8 Å². The standard InChI is InChI=1S/C15H20N6O3S/c1-9(12(23)16-13(24)17-15(2,3)4)25-14-18-19-20-21(14)10-5-7-11(22)8-6-10/h5-9,22H,1-4H3,(H2,16,17,23,24)/t9-/m0/s1. The van der Waals surface area contributed by atoms with Crippen LogP contribution >= 0.6 is 11.8 Å². The Kier molecular flexibility index (Phi) is 5.62. The topological polar surface area (TPSA) is 122 Å². The van der Waals surface area contributed by atoms with Crippen LogP contribution in [0.4, 0.5) is 4.79 Å². The Hall–Kier alpha value is -2.62. The SMILES string of the molecule is C[C@H](Sc1nnnn1-c1ccc(O)cc1)C(=O)NC(=O)NC(C)(C)C. The molecule has 2 aromatic rings. The summed E-state index contributed by atoms with van der Waals surface area (Å²) in [6, 6.07) is 5.77. The second-order valence-corrected chi connectivity index (χ2v) is 7.65. The van der Waals surface area contributed by atoms with E-state index >= 15 is 0 Å².